The lowest BCUT2D eigenvalue weighted by molar-refractivity contribution is 0.0949. The van der Waals surface area contributed by atoms with Crippen LogP contribution in [0, 0.1) is 0 Å². The van der Waals surface area contributed by atoms with E-state index in [9.17, 15) is 4.79 Å². The fraction of sp³-hybridized carbons (Fsp3) is 0.238. The largest absolute Gasteiger partial charge is 0.327 e. The number of pyridine rings is 1. The van der Waals surface area contributed by atoms with E-state index in [4.69, 9.17) is 4.98 Å². The summed E-state index contributed by atoms with van der Waals surface area (Å²) in [5.74, 6) is 0.587. The summed E-state index contributed by atoms with van der Waals surface area (Å²) < 4.78 is 2.20. The van der Waals surface area contributed by atoms with E-state index in [1.54, 1.807) is 18.6 Å². The first-order valence-electron chi connectivity index (χ1n) is 9.21. The van der Waals surface area contributed by atoms with Crippen molar-refractivity contribution >= 4 is 12.1 Å². The van der Waals surface area contributed by atoms with Gasteiger partial charge in [0.2, 0.25) is 0 Å². The van der Waals surface area contributed by atoms with Crippen LogP contribution in [0.25, 0.3) is 11.4 Å². The highest BCUT2D eigenvalue weighted by atomic mass is 16.2. The molecule has 4 rings (SSSR count). The molecule has 0 bridgehead atoms. The molecule has 0 saturated heterocycles. The number of hydrogen-bond donors (Lipinski definition) is 1. The monoisotopic (exact) mass is 359 g/mol. The quantitative estimate of drug-likeness (QED) is 0.573. The second-order valence-electron chi connectivity index (χ2n) is 6.54. The summed E-state index contributed by atoms with van der Waals surface area (Å²) in [6, 6.07) is 13.7. The molecule has 0 spiro atoms. The van der Waals surface area contributed by atoms with Gasteiger partial charge in [-0.25, -0.2) is 10.4 Å². The first-order chi connectivity index (χ1) is 13.3. The molecule has 1 aliphatic heterocycles. The molecule has 3 aromatic rings. The van der Waals surface area contributed by atoms with Crippen LogP contribution in [-0.4, -0.2) is 26.7 Å². The van der Waals surface area contributed by atoms with E-state index in [1.807, 2.05) is 42.5 Å². The van der Waals surface area contributed by atoms with Gasteiger partial charge in [0.25, 0.3) is 5.91 Å². The molecule has 3 heterocycles. The summed E-state index contributed by atoms with van der Waals surface area (Å²) in [5, 5.41) is 4.07. The maximum absolute atomic E-state index is 12.8. The number of carbonyl (C=O) groups excluding carboxylic acids is 1. The van der Waals surface area contributed by atoms with Crippen LogP contribution in [0.2, 0.25) is 0 Å². The summed E-state index contributed by atoms with van der Waals surface area (Å²) in [7, 11) is 0. The number of imidazole rings is 1. The molecule has 0 atom stereocenters. The summed E-state index contributed by atoms with van der Waals surface area (Å²) >= 11 is 0. The molecule has 0 unspecified atom stereocenters. The van der Waals surface area contributed by atoms with E-state index in [-0.39, 0.29) is 5.91 Å². The number of hydrazone groups is 1. The Labute approximate surface area is 158 Å². The second kappa shape index (κ2) is 7.95. The highest BCUT2D eigenvalue weighted by Crippen LogP contribution is 2.27. The van der Waals surface area contributed by atoms with Crippen molar-refractivity contribution in [2.75, 3.05) is 0 Å². The van der Waals surface area contributed by atoms with Gasteiger partial charge in [0.1, 0.15) is 5.82 Å². The molecule has 27 heavy (non-hydrogen) atoms. The van der Waals surface area contributed by atoms with Crippen molar-refractivity contribution < 1.29 is 4.79 Å². The normalized spacial score (nSPS) is 13.9. The van der Waals surface area contributed by atoms with Gasteiger partial charge in [0.15, 0.2) is 5.69 Å². The summed E-state index contributed by atoms with van der Waals surface area (Å²) in [5.41, 5.74) is 6.00. The summed E-state index contributed by atoms with van der Waals surface area (Å²) in [6.45, 7) is 0.889. The van der Waals surface area contributed by atoms with E-state index >= 15 is 0 Å². The Balaban J connectivity index is 1.63. The van der Waals surface area contributed by atoms with Crippen molar-refractivity contribution in [3.63, 3.8) is 0 Å². The fourth-order valence-corrected chi connectivity index (χ4v) is 3.38. The highest BCUT2D eigenvalue weighted by molar-refractivity contribution is 5.95. The number of hydrogen-bond acceptors (Lipinski definition) is 4. The Morgan fingerprint density at radius 2 is 1.89 bits per heavy atom. The molecular formula is C21H21N5O. The average molecular weight is 359 g/mol. The summed E-state index contributed by atoms with van der Waals surface area (Å²) in [6.07, 6.45) is 9.17. The van der Waals surface area contributed by atoms with E-state index < -0.39 is 0 Å². The minimum Gasteiger partial charge on any atom is -0.327 e. The number of benzene rings is 1. The predicted octanol–water partition coefficient (Wildman–Crippen LogP) is 3.44. The van der Waals surface area contributed by atoms with Crippen molar-refractivity contribution in [2.24, 2.45) is 5.10 Å². The van der Waals surface area contributed by atoms with Crippen LogP contribution in [0.5, 0.6) is 0 Å². The van der Waals surface area contributed by atoms with Gasteiger partial charge in [-0.2, -0.15) is 5.10 Å². The Morgan fingerprint density at radius 3 is 2.70 bits per heavy atom. The predicted molar refractivity (Wildman–Crippen MR) is 105 cm³/mol. The van der Waals surface area contributed by atoms with Crippen molar-refractivity contribution in [3.8, 4) is 11.4 Å². The first kappa shape index (κ1) is 17.1. The Kier molecular flexibility index (Phi) is 5.05. The van der Waals surface area contributed by atoms with Gasteiger partial charge >= 0.3 is 0 Å². The van der Waals surface area contributed by atoms with Gasteiger partial charge in [0, 0.05) is 24.5 Å². The molecule has 0 radical (unpaired) electrons. The van der Waals surface area contributed by atoms with Crippen LogP contribution in [0.15, 0.2) is 60.0 Å². The molecule has 1 N–H and O–H groups in total. The number of rotatable bonds is 4. The molecule has 0 fully saturated rings. The van der Waals surface area contributed by atoms with Crippen LogP contribution in [0.3, 0.4) is 0 Å². The summed E-state index contributed by atoms with van der Waals surface area (Å²) in [4.78, 5) is 21.4. The molecule has 6 heteroatoms. The van der Waals surface area contributed by atoms with Crippen LogP contribution in [-0.2, 0) is 13.0 Å². The zero-order valence-corrected chi connectivity index (χ0v) is 15.0. The topological polar surface area (TPSA) is 72.2 Å². The number of nitrogens with zero attached hydrogens (tertiary/aromatic N) is 4. The third-order valence-electron chi connectivity index (χ3n) is 4.70. The Hall–Kier alpha value is -3.28. The van der Waals surface area contributed by atoms with Crippen molar-refractivity contribution in [3.05, 3.63) is 71.8 Å². The zero-order valence-electron chi connectivity index (χ0n) is 15.0. The average Bonchev–Trinajstić information content (AvgIpc) is 2.90. The molecule has 1 aromatic carbocycles. The van der Waals surface area contributed by atoms with Crippen LogP contribution in [0.4, 0.5) is 0 Å². The minimum atomic E-state index is -0.270. The fourth-order valence-electron chi connectivity index (χ4n) is 3.38. The van der Waals surface area contributed by atoms with E-state index in [2.05, 4.69) is 20.1 Å². The molecule has 1 aliphatic rings. The smallest absolute Gasteiger partial charge is 0.291 e. The van der Waals surface area contributed by atoms with Crippen LogP contribution >= 0.6 is 0 Å². The molecule has 1 amide bonds. The molecule has 0 saturated carbocycles. The maximum Gasteiger partial charge on any atom is 0.291 e. The van der Waals surface area contributed by atoms with Crippen molar-refractivity contribution in [1.29, 1.82) is 0 Å². The zero-order chi connectivity index (χ0) is 18.5. The number of nitrogens with one attached hydrogen (secondary N) is 1. The second-order valence-corrected chi connectivity index (χ2v) is 6.54. The van der Waals surface area contributed by atoms with Gasteiger partial charge < -0.3 is 4.57 Å². The third kappa shape index (κ3) is 3.79. The Bertz CT molecular complexity index is 947. The molecular weight excluding hydrogens is 338 g/mol. The highest BCUT2D eigenvalue weighted by Gasteiger charge is 2.24. The van der Waals surface area contributed by atoms with Gasteiger partial charge in [-0.15, -0.1) is 0 Å². The molecule has 6 nitrogen and oxygen atoms in total. The lowest BCUT2D eigenvalue weighted by Gasteiger charge is -2.08. The van der Waals surface area contributed by atoms with Gasteiger partial charge in [-0.3, -0.25) is 9.78 Å². The number of amides is 1. The number of aromatic nitrogens is 3. The van der Waals surface area contributed by atoms with Crippen LogP contribution in [0.1, 0.15) is 41.0 Å². The van der Waals surface area contributed by atoms with Gasteiger partial charge in [-0.1, -0.05) is 36.8 Å². The minimum absolute atomic E-state index is 0.270. The SMILES string of the molecule is O=C(NN=Cc1ccncc1)c1nc(-c2ccccc2)n2c1CCCCC2. The van der Waals surface area contributed by atoms with Gasteiger partial charge in [-0.05, 0) is 37.0 Å². The standard InChI is InChI=1S/C21H21N5O/c27-21(25-23-15-16-10-12-22-13-11-16)19-18-9-5-2-6-14-26(18)20(24-19)17-7-3-1-4-8-17/h1,3-4,7-8,10-13,15H,2,5-6,9,14H2,(H,25,27). The molecule has 0 aliphatic carbocycles. The van der Waals surface area contributed by atoms with Crippen molar-refractivity contribution in [2.45, 2.75) is 32.2 Å². The van der Waals surface area contributed by atoms with Crippen molar-refractivity contribution in [1.82, 2.24) is 20.0 Å². The molecule has 136 valence electrons. The third-order valence-corrected chi connectivity index (χ3v) is 4.70. The lowest BCUT2D eigenvalue weighted by atomic mass is 10.1. The van der Waals surface area contributed by atoms with Gasteiger partial charge in [0.05, 0.1) is 11.9 Å². The van der Waals surface area contributed by atoms with E-state index in [1.165, 1.54) is 0 Å². The number of carbonyl (C=O) groups is 1. The van der Waals surface area contributed by atoms with Crippen LogP contribution < -0.4 is 5.43 Å². The lowest BCUT2D eigenvalue weighted by Crippen LogP contribution is -2.20. The number of fused-ring (bicyclic) bond motifs is 1. The maximum atomic E-state index is 12.8. The van der Waals surface area contributed by atoms with E-state index in [0.717, 1.165) is 54.9 Å². The molecule has 2 aromatic heterocycles. The Morgan fingerprint density at radius 1 is 1.07 bits per heavy atom. The van der Waals surface area contributed by atoms with E-state index in [0.29, 0.717) is 5.69 Å². The first-order valence-corrected chi connectivity index (χ1v) is 9.21.